The molecule has 0 aliphatic carbocycles. The summed E-state index contributed by atoms with van der Waals surface area (Å²) in [6, 6.07) is 6.20. The van der Waals surface area contributed by atoms with Crippen molar-refractivity contribution in [1.29, 1.82) is 0 Å². The van der Waals surface area contributed by atoms with Gasteiger partial charge < -0.3 is 9.32 Å². The maximum atomic E-state index is 5.83. The first-order chi connectivity index (χ1) is 9.24. The van der Waals surface area contributed by atoms with Crippen molar-refractivity contribution in [2.24, 2.45) is 5.92 Å². The third-order valence-corrected chi connectivity index (χ3v) is 3.76. The van der Waals surface area contributed by atoms with Gasteiger partial charge in [-0.05, 0) is 43.9 Å². The third-order valence-electron chi connectivity index (χ3n) is 3.76. The van der Waals surface area contributed by atoms with Crippen molar-refractivity contribution in [2.75, 3.05) is 11.4 Å². The van der Waals surface area contributed by atoms with Crippen LogP contribution in [0.15, 0.2) is 35.0 Å². The Kier molecular flexibility index (Phi) is 3.23. The number of aromatic nitrogens is 2. The van der Waals surface area contributed by atoms with Crippen LogP contribution >= 0.6 is 0 Å². The number of furan rings is 1. The number of rotatable bonds is 2. The zero-order chi connectivity index (χ0) is 13.2. The van der Waals surface area contributed by atoms with Gasteiger partial charge >= 0.3 is 0 Å². The molecule has 0 amide bonds. The molecule has 19 heavy (non-hydrogen) atoms. The summed E-state index contributed by atoms with van der Waals surface area (Å²) in [5.41, 5.74) is 0. The molecule has 3 heterocycles. The highest BCUT2D eigenvalue weighted by Crippen LogP contribution is 2.36. The van der Waals surface area contributed by atoms with Gasteiger partial charge in [-0.3, -0.25) is 0 Å². The van der Waals surface area contributed by atoms with Crippen molar-refractivity contribution >= 4 is 5.95 Å². The third kappa shape index (κ3) is 2.48. The maximum Gasteiger partial charge on any atom is 0.225 e. The lowest BCUT2D eigenvalue weighted by Crippen LogP contribution is -2.37. The summed E-state index contributed by atoms with van der Waals surface area (Å²) < 4.78 is 5.83. The molecule has 0 spiro atoms. The number of piperidine rings is 1. The Hall–Kier alpha value is -1.84. The second kappa shape index (κ2) is 5.03. The predicted octanol–water partition coefficient (Wildman–Crippen LogP) is 3.36. The first-order valence-electron chi connectivity index (χ1n) is 6.84. The second-order valence-corrected chi connectivity index (χ2v) is 5.34. The fourth-order valence-electron chi connectivity index (χ4n) is 2.72. The average Bonchev–Trinajstić information content (AvgIpc) is 2.86. The van der Waals surface area contributed by atoms with Crippen molar-refractivity contribution < 1.29 is 4.42 Å². The molecule has 1 aliphatic rings. The van der Waals surface area contributed by atoms with Gasteiger partial charge in [-0.25, -0.2) is 9.97 Å². The molecule has 0 radical (unpaired) electrons. The zero-order valence-corrected chi connectivity index (χ0v) is 11.4. The summed E-state index contributed by atoms with van der Waals surface area (Å²) in [6.07, 6.45) is 5.86. The number of anilines is 1. The molecular formula is C15H19N3O. The van der Waals surface area contributed by atoms with Gasteiger partial charge in [0.25, 0.3) is 0 Å². The van der Waals surface area contributed by atoms with Crippen LogP contribution in [0.25, 0.3) is 0 Å². The lowest BCUT2D eigenvalue weighted by Gasteiger charge is -2.37. The molecule has 2 aromatic rings. The lowest BCUT2D eigenvalue weighted by molar-refractivity contribution is 0.321. The minimum atomic E-state index is 0.250. The Morgan fingerprint density at radius 3 is 2.74 bits per heavy atom. The molecule has 2 atom stereocenters. The lowest BCUT2D eigenvalue weighted by atomic mass is 9.91. The average molecular weight is 257 g/mol. The molecule has 1 aliphatic heterocycles. The van der Waals surface area contributed by atoms with Gasteiger partial charge in [0.2, 0.25) is 5.95 Å². The van der Waals surface area contributed by atoms with E-state index in [1.54, 1.807) is 12.4 Å². The van der Waals surface area contributed by atoms with E-state index in [9.17, 15) is 0 Å². The van der Waals surface area contributed by atoms with Crippen LogP contribution in [0.3, 0.4) is 0 Å². The largest absolute Gasteiger partial charge is 0.464 e. The number of aryl methyl sites for hydroxylation is 1. The number of hydrogen-bond donors (Lipinski definition) is 0. The molecule has 0 N–H and O–H groups in total. The van der Waals surface area contributed by atoms with Crippen LogP contribution in [0.1, 0.15) is 37.3 Å². The van der Waals surface area contributed by atoms with Crippen molar-refractivity contribution in [3.63, 3.8) is 0 Å². The Labute approximate surface area is 113 Å². The van der Waals surface area contributed by atoms with Crippen LogP contribution in [-0.4, -0.2) is 16.5 Å². The van der Waals surface area contributed by atoms with Gasteiger partial charge in [0.15, 0.2) is 0 Å². The molecule has 0 saturated carbocycles. The van der Waals surface area contributed by atoms with Gasteiger partial charge in [-0.15, -0.1) is 0 Å². The molecule has 2 unspecified atom stereocenters. The van der Waals surface area contributed by atoms with Crippen LogP contribution < -0.4 is 4.90 Å². The Bertz CT molecular complexity index is 537. The highest BCUT2D eigenvalue weighted by atomic mass is 16.3. The summed E-state index contributed by atoms with van der Waals surface area (Å²) in [4.78, 5) is 11.0. The fourth-order valence-corrected chi connectivity index (χ4v) is 2.72. The van der Waals surface area contributed by atoms with Crippen molar-refractivity contribution in [3.05, 3.63) is 42.1 Å². The van der Waals surface area contributed by atoms with Gasteiger partial charge in [-0.2, -0.15) is 0 Å². The van der Waals surface area contributed by atoms with Crippen LogP contribution in [0, 0.1) is 12.8 Å². The molecule has 1 saturated heterocycles. The predicted molar refractivity (Wildman–Crippen MR) is 74.0 cm³/mol. The maximum absolute atomic E-state index is 5.83. The van der Waals surface area contributed by atoms with E-state index in [-0.39, 0.29) is 6.04 Å². The first kappa shape index (κ1) is 12.2. The summed E-state index contributed by atoms with van der Waals surface area (Å²) >= 11 is 0. The van der Waals surface area contributed by atoms with Gasteiger partial charge in [-0.1, -0.05) is 6.92 Å². The van der Waals surface area contributed by atoms with E-state index in [0.717, 1.165) is 30.4 Å². The summed E-state index contributed by atoms with van der Waals surface area (Å²) in [5, 5.41) is 0. The topological polar surface area (TPSA) is 42.2 Å². The van der Waals surface area contributed by atoms with E-state index < -0.39 is 0 Å². The second-order valence-electron chi connectivity index (χ2n) is 5.34. The normalized spacial score (nSPS) is 23.6. The van der Waals surface area contributed by atoms with Gasteiger partial charge in [0.05, 0.1) is 6.04 Å². The van der Waals surface area contributed by atoms with Crippen molar-refractivity contribution in [1.82, 2.24) is 9.97 Å². The fraction of sp³-hybridized carbons (Fsp3) is 0.467. The summed E-state index contributed by atoms with van der Waals surface area (Å²) in [6.45, 7) is 5.26. The molecule has 2 aromatic heterocycles. The summed E-state index contributed by atoms with van der Waals surface area (Å²) in [7, 11) is 0. The standard InChI is InChI=1S/C15H19N3O/c1-11-6-9-18(15-16-7-3-8-17-15)13(10-11)14-5-4-12(2)19-14/h3-5,7-8,11,13H,6,9-10H2,1-2H3. The van der Waals surface area contributed by atoms with E-state index >= 15 is 0 Å². The monoisotopic (exact) mass is 257 g/mol. The van der Waals surface area contributed by atoms with Crippen LogP contribution in [0.2, 0.25) is 0 Å². The van der Waals surface area contributed by atoms with Crippen LogP contribution in [0.4, 0.5) is 5.95 Å². The van der Waals surface area contributed by atoms with E-state index in [0.29, 0.717) is 5.92 Å². The molecule has 3 rings (SSSR count). The van der Waals surface area contributed by atoms with Crippen LogP contribution in [0.5, 0.6) is 0 Å². The molecule has 4 nitrogen and oxygen atoms in total. The van der Waals surface area contributed by atoms with Crippen molar-refractivity contribution in [3.8, 4) is 0 Å². The van der Waals surface area contributed by atoms with Crippen LogP contribution in [-0.2, 0) is 0 Å². The highest BCUT2D eigenvalue weighted by Gasteiger charge is 2.31. The highest BCUT2D eigenvalue weighted by molar-refractivity contribution is 5.34. The smallest absolute Gasteiger partial charge is 0.225 e. The van der Waals surface area contributed by atoms with E-state index in [1.807, 2.05) is 19.1 Å². The minimum absolute atomic E-state index is 0.250. The first-order valence-corrected chi connectivity index (χ1v) is 6.84. The molecule has 4 heteroatoms. The zero-order valence-electron chi connectivity index (χ0n) is 11.4. The molecule has 1 fully saturated rings. The molecule has 100 valence electrons. The molecule has 0 aromatic carbocycles. The van der Waals surface area contributed by atoms with Gasteiger partial charge in [0.1, 0.15) is 11.5 Å². The number of hydrogen-bond acceptors (Lipinski definition) is 4. The van der Waals surface area contributed by atoms with E-state index in [1.165, 1.54) is 6.42 Å². The van der Waals surface area contributed by atoms with E-state index in [2.05, 4.69) is 27.9 Å². The molecular weight excluding hydrogens is 238 g/mol. The minimum Gasteiger partial charge on any atom is -0.464 e. The molecule has 0 bridgehead atoms. The summed E-state index contributed by atoms with van der Waals surface area (Å²) in [5.74, 6) is 3.49. The van der Waals surface area contributed by atoms with Crippen molar-refractivity contribution in [2.45, 2.75) is 32.7 Å². The Balaban J connectivity index is 1.92. The SMILES string of the molecule is Cc1ccc(C2CC(C)CCN2c2ncccn2)o1. The quantitative estimate of drug-likeness (QED) is 0.827. The Morgan fingerprint density at radius 2 is 2.05 bits per heavy atom. The van der Waals surface area contributed by atoms with E-state index in [4.69, 9.17) is 4.42 Å². The number of nitrogens with zero attached hydrogens (tertiary/aromatic N) is 3. The van der Waals surface area contributed by atoms with Gasteiger partial charge in [0, 0.05) is 18.9 Å². The Morgan fingerprint density at radius 1 is 1.26 bits per heavy atom.